The molecule has 1 aliphatic heterocycles. The first-order valence-electron chi connectivity index (χ1n) is 12.5. The number of nitrogens with zero attached hydrogens (tertiary/aromatic N) is 1. The van der Waals surface area contributed by atoms with E-state index >= 15 is 0 Å². The van der Waals surface area contributed by atoms with Gasteiger partial charge in [0, 0.05) is 37.5 Å². The summed E-state index contributed by atoms with van der Waals surface area (Å²) in [7, 11) is 1.49. The predicted octanol–water partition coefficient (Wildman–Crippen LogP) is 6.04. The van der Waals surface area contributed by atoms with Crippen LogP contribution in [-0.2, 0) is 6.18 Å². The van der Waals surface area contributed by atoms with Crippen LogP contribution < -0.4 is 15.4 Å². The van der Waals surface area contributed by atoms with Crippen molar-refractivity contribution in [2.24, 2.45) is 5.92 Å². The number of rotatable bonds is 8. The summed E-state index contributed by atoms with van der Waals surface area (Å²) in [5.74, 6) is 0.226. The zero-order chi connectivity index (χ0) is 27.2. The second kappa shape index (κ2) is 11.9. The van der Waals surface area contributed by atoms with Crippen molar-refractivity contribution in [3.8, 4) is 11.5 Å². The van der Waals surface area contributed by atoms with Gasteiger partial charge >= 0.3 is 12.2 Å². The number of anilines is 1. The Morgan fingerprint density at radius 3 is 2.22 bits per heavy atom. The number of ether oxygens (including phenoxy) is 1. The number of piperidine rings is 1. The minimum atomic E-state index is -4.65. The molecule has 0 radical (unpaired) electrons. The Morgan fingerprint density at radius 1 is 1.05 bits per heavy atom. The minimum Gasteiger partial charge on any atom is -0.457 e. The lowest BCUT2D eigenvalue weighted by atomic mass is 9.81. The molecular formula is C27H34F3N3O4. The Bertz CT molecular complexity index is 1080. The molecule has 1 fully saturated rings. The van der Waals surface area contributed by atoms with E-state index in [9.17, 15) is 27.9 Å². The van der Waals surface area contributed by atoms with Crippen LogP contribution in [0.2, 0.25) is 0 Å². The smallest absolute Gasteiger partial charge is 0.416 e. The maximum Gasteiger partial charge on any atom is 0.416 e. The number of urea groups is 1. The molecule has 1 saturated heterocycles. The number of carbonyl (C=O) groups excluding carboxylic acids is 2. The molecule has 3 N–H and O–H groups in total. The highest BCUT2D eigenvalue weighted by Crippen LogP contribution is 2.36. The third-order valence-corrected chi connectivity index (χ3v) is 6.87. The van der Waals surface area contributed by atoms with Gasteiger partial charge < -0.3 is 25.4 Å². The number of carbonyl (C=O) groups is 2. The van der Waals surface area contributed by atoms with Gasteiger partial charge in [-0.15, -0.1) is 0 Å². The van der Waals surface area contributed by atoms with Crippen molar-refractivity contribution in [2.45, 2.75) is 57.7 Å². The molecule has 7 nitrogen and oxygen atoms in total. The van der Waals surface area contributed by atoms with E-state index in [4.69, 9.17) is 4.74 Å². The highest BCUT2D eigenvalue weighted by atomic mass is 19.4. The fraction of sp³-hybridized carbons (Fsp3) is 0.481. The van der Waals surface area contributed by atoms with Crippen molar-refractivity contribution < 1.29 is 32.6 Å². The van der Waals surface area contributed by atoms with Crippen molar-refractivity contribution >= 4 is 17.6 Å². The van der Waals surface area contributed by atoms with Gasteiger partial charge in [-0.05, 0) is 61.6 Å². The Morgan fingerprint density at radius 2 is 1.68 bits per heavy atom. The topological polar surface area (TPSA) is 90.9 Å². The molecule has 0 spiro atoms. The summed E-state index contributed by atoms with van der Waals surface area (Å²) < 4.78 is 46.3. The summed E-state index contributed by atoms with van der Waals surface area (Å²) in [6.07, 6.45) is -1.20. The number of hydrogen-bond acceptors (Lipinski definition) is 4. The van der Waals surface area contributed by atoms with Gasteiger partial charge in [0.05, 0.1) is 11.2 Å². The normalized spacial score (nSPS) is 15.4. The molecule has 0 aliphatic carbocycles. The van der Waals surface area contributed by atoms with Gasteiger partial charge in [0.25, 0.3) is 5.91 Å². The predicted molar refractivity (Wildman–Crippen MR) is 135 cm³/mol. The molecule has 3 amide bonds. The molecule has 10 heteroatoms. The number of nitrogens with one attached hydrogen (secondary N) is 2. The lowest BCUT2D eigenvalue weighted by Gasteiger charge is -2.39. The molecule has 0 bridgehead atoms. The highest BCUT2D eigenvalue weighted by Gasteiger charge is 2.36. The van der Waals surface area contributed by atoms with Crippen LogP contribution in [0.15, 0.2) is 42.5 Å². The van der Waals surface area contributed by atoms with Crippen LogP contribution >= 0.6 is 0 Å². The fourth-order valence-electron chi connectivity index (χ4n) is 4.50. The summed E-state index contributed by atoms with van der Waals surface area (Å²) in [5, 5.41) is 16.0. The first kappa shape index (κ1) is 28.3. The lowest BCUT2D eigenvalue weighted by molar-refractivity contribution is -0.137. The maximum atomic E-state index is 13.6. The van der Waals surface area contributed by atoms with E-state index in [0.717, 1.165) is 25.0 Å². The summed E-state index contributed by atoms with van der Waals surface area (Å²) in [6, 6.07) is 8.40. The molecule has 1 heterocycles. The van der Waals surface area contributed by atoms with E-state index in [1.54, 1.807) is 0 Å². The van der Waals surface area contributed by atoms with Gasteiger partial charge in [-0.2, -0.15) is 13.2 Å². The number of aliphatic hydroxyl groups is 1. The number of benzene rings is 2. The van der Waals surface area contributed by atoms with Crippen LogP contribution in [0, 0.1) is 5.92 Å². The largest absolute Gasteiger partial charge is 0.457 e. The molecule has 37 heavy (non-hydrogen) atoms. The number of hydrogen-bond donors (Lipinski definition) is 3. The van der Waals surface area contributed by atoms with E-state index in [0.29, 0.717) is 43.8 Å². The van der Waals surface area contributed by atoms with Crippen molar-refractivity contribution in [1.82, 2.24) is 10.2 Å². The van der Waals surface area contributed by atoms with Crippen molar-refractivity contribution in [3.63, 3.8) is 0 Å². The fourth-order valence-corrected chi connectivity index (χ4v) is 4.50. The van der Waals surface area contributed by atoms with Crippen LogP contribution in [-0.4, -0.2) is 47.7 Å². The van der Waals surface area contributed by atoms with E-state index in [1.165, 1.54) is 42.3 Å². The van der Waals surface area contributed by atoms with Gasteiger partial charge in [-0.3, -0.25) is 4.79 Å². The third-order valence-electron chi connectivity index (χ3n) is 6.87. The summed E-state index contributed by atoms with van der Waals surface area (Å²) >= 11 is 0. The third kappa shape index (κ3) is 7.61. The Balaban J connectivity index is 1.71. The molecule has 0 saturated carbocycles. The molecule has 2 aromatic carbocycles. The number of halogens is 3. The average molecular weight is 522 g/mol. The maximum absolute atomic E-state index is 13.6. The summed E-state index contributed by atoms with van der Waals surface area (Å²) in [4.78, 5) is 26.0. The van der Waals surface area contributed by atoms with Crippen molar-refractivity contribution in [2.75, 3.05) is 25.5 Å². The Labute approximate surface area is 215 Å². The Kier molecular flexibility index (Phi) is 9.07. The van der Waals surface area contributed by atoms with Gasteiger partial charge in [0.15, 0.2) is 0 Å². The first-order valence-corrected chi connectivity index (χ1v) is 12.5. The monoisotopic (exact) mass is 521 g/mol. The van der Waals surface area contributed by atoms with E-state index in [-0.39, 0.29) is 23.1 Å². The molecule has 202 valence electrons. The standard InChI is InChI=1S/C27H34F3N3O4/c1-4-18(5-2)17-26(36)10-12-33(13-11-26)25(35)32-21-14-20(27(28,29)30)15-23(16-21)37-22-8-6-19(7-9-22)24(34)31-3/h6-9,14-16,18,36H,4-5,10-13,17H2,1-3H3,(H,31,34)(H,32,35). The van der Waals surface area contributed by atoms with E-state index in [2.05, 4.69) is 24.5 Å². The lowest BCUT2D eigenvalue weighted by Crippen LogP contribution is -2.48. The first-order chi connectivity index (χ1) is 17.5. The van der Waals surface area contributed by atoms with Gasteiger partial charge in [0.2, 0.25) is 0 Å². The second-order valence-corrected chi connectivity index (χ2v) is 9.48. The number of likely N-dealkylation sites (tertiary alicyclic amines) is 1. The zero-order valence-electron chi connectivity index (χ0n) is 21.3. The minimum absolute atomic E-state index is 0.0605. The van der Waals surface area contributed by atoms with Crippen LogP contribution in [0.3, 0.4) is 0 Å². The zero-order valence-corrected chi connectivity index (χ0v) is 21.3. The number of amides is 3. The van der Waals surface area contributed by atoms with Crippen LogP contribution in [0.4, 0.5) is 23.7 Å². The summed E-state index contributed by atoms with van der Waals surface area (Å²) in [5.41, 5.74) is -1.49. The van der Waals surface area contributed by atoms with Crippen LogP contribution in [0.1, 0.15) is 61.9 Å². The molecule has 0 atom stereocenters. The van der Waals surface area contributed by atoms with E-state index < -0.39 is 23.4 Å². The molecule has 2 aromatic rings. The van der Waals surface area contributed by atoms with E-state index in [1.807, 2.05) is 0 Å². The van der Waals surface area contributed by atoms with Crippen molar-refractivity contribution in [1.29, 1.82) is 0 Å². The second-order valence-electron chi connectivity index (χ2n) is 9.48. The number of alkyl halides is 3. The highest BCUT2D eigenvalue weighted by molar-refractivity contribution is 5.94. The Hall–Kier alpha value is -3.27. The molecule has 1 aliphatic rings. The summed E-state index contributed by atoms with van der Waals surface area (Å²) in [6.45, 7) is 4.80. The molecule has 3 rings (SSSR count). The van der Waals surface area contributed by atoms with Crippen molar-refractivity contribution in [3.05, 3.63) is 53.6 Å². The molecular weight excluding hydrogens is 487 g/mol. The molecule has 0 aromatic heterocycles. The average Bonchev–Trinajstić information content (AvgIpc) is 2.87. The van der Waals surface area contributed by atoms with Crippen LogP contribution in [0.5, 0.6) is 11.5 Å². The van der Waals surface area contributed by atoms with Gasteiger partial charge in [-0.25, -0.2) is 4.79 Å². The molecule has 0 unspecified atom stereocenters. The SMILES string of the molecule is CCC(CC)CC1(O)CCN(C(=O)Nc2cc(Oc3ccc(C(=O)NC)cc3)cc(C(F)(F)F)c2)CC1. The van der Waals surface area contributed by atoms with Gasteiger partial charge in [0.1, 0.15) is 11.5 Å². The van der Waals surface area contributed by atoms with Crippen LogP contribution in [0.25, 0.3) is 0 Å². The van der Waals surface area contributed by atoms with Gasteiger partial charge in [-0.1, -0.05) is 26.7 Å². The quantitative estimate of drug-likeness (QED) is 0.395.